The second-order valence-electron chi connectivity index (χ2n) is 7.96. The number of hydrogen-bond donors (Lipinski definition) is 1. The van der Waals surface area contributed by atoms with Gasteiger partial charge in [0.05, 0.1) is 5.56 Å². The van der Waals surface area contributed by atoms with Crippen LogP contribution >= 0.6 is 0 Å². The molecule has 2 aromatic carbocycles. The summed E-state index contributed by atoms with van der Waals surface area (Å²) in [6.07, 6.45) is 3.00. The molecule has 0 bridgehead atoms. The topological polar surface area (TPSA) is 68.0 Å². The number of aryl methyl sites for hydroxylation is 1. The van der Waals surface area contributed by atoms with E-state index in [1.807, 2.05) is 38.1 Å². The third-order valence-corrected chi connectivity index (χ3v) is 5.43. The summed E-state index contributed by atoms with van der Waals surface area (Å²) >= 11 is 0. The lowest BCUT2D eigenvalue weighted by molar-refractivity contribution is -0.0246. The second-order valence-corrected chi connectivity index (χ2v) is 7.96. The quantitative estimate of drug-likeness (QED) is 0.378. The number of carboxylic acids is 1. The van der Waals surface area contributed by atoms with E-state index in [2.05, 4.69) is 10.1 Å². The standard InChI is InChI=1S/C25H29F2N3O2/c1-3-5-15-25(26,27)24-28-22(30(29-24)16-6-4-2)17-18-11-13-19(14-12-18)20-9-7-8-10-21(20)23(31)32/h7-14H,3-6,15-17H2,1-2H3,(H,31,32). The average molecular weight is 442 g/mol. The van der Waals surface area contributed by atoms with Crippen molar-refractivity contribution >= 4 is 5.97 Å². The summed E-state index contributed by atoms with van der Waals surface area (Å²) in [5.74, 6) is -3.90. The summed E-state index contributed by atoms with van der Waals surface area (Å²) in [5.41, 5.74) is 2.55. The summed E-state index contributed by atoms with van der Waals surface area (Å²) < 4.78 is 30.7. The summed E-state index contributed by atoms with van der Waals surface area (Å²) in [4.78, 5) is 15.7. The first-order chi connectivity index (χ1) is 15.4. The van der Waals surface area contributed by atoms with Crippen molar-refractivity contribution in [3.63, 3.8) is 0 Å². The normalized spacial score (nSPS) is 11.6. The number of carbonyl (C=O) groups is 1. The first kappa shape index (κ1) is 23.6. The Morgan fingerprint density at radius 2 is 1.72 bits per heavy atom. The third-order valence-electron chi connectivity index (χ3n) is 5.43. The van der Waals surface area contributed by atoms with Gasteiger partial charge in [-0.25, -0.2) is 14.5 Å². The number of unbranched alkanes of at least 4 members (excludes halogenated alkanes) is 2. The first-order valence-electron chi connectivity index (χ1n) is 11.1. The zero-order valence-electron chi connectivity index (χ0n) is 18.5. The number of aromatic nitrogens is 3. The van der Waals surface area contributed by atoms with E-state index in [4.69, 9.17) is 0 Å². The monoisotopic (exact) mass is 441 g/mol. The minimum Gasteiger partial charge on any atom is -0.478 e. The van der Waals surface area contributed by atoms with Gasteiger partial charge in [0.2, 0.25) is 5.82 Å². The predicted molar refractivity (Wildman–Crippen MR) is 120 cm³/mol. The summed E-state index contributed by atoms with van der Waals surface area (Å²) in [5, 5.41) is 13.6. The van der Waals surface area contributed by atoms with Gasteiger partial charge in [-0.2, -0.15) is 8.78 Å². The molecule has 3 aromatic rings. The molecule has 0 fully saturated rings. The predicted octanol–water partition coefficient (Wildman–Crippen LogP) is 6.32. The molecule has 1 N–H and O–H groups in total. The molecular formula is C25H29F2N3O2. The van der Waals surface area contributed by atoms with Crippen LogP contribution in [0, 0.1) is 0 Å². The molecule has 0 unspecified atom stereocenters. The third kappa shape index (κ3) is 5.58. The number of rotatable bonds is 11. The van der Waals surface area contributed by atoms with E-state index in [1.54, 1.807) is 28.9 Å². The van der Waals surface area contributed by atoms with Crippen LogP contribution in [0.15, 0.2) is 48.5 Å². The first-order valence-corrected chi connectivity index (χ1v) is 11.1. The number of aromatic carboxylic acids is 1. The molecule has 0 spiro atoms. The van der Waals surface area contributed by atoms with E-state index >= 15 is 0 Å². The van der Waals surface area contributed by atoms with Crippen LogP contribution in [0.25, 0.3) is 11.1 Å². The maximum atomic E-state index is 14.6. The molecule has 0 radical (unpaired) electrons. The van der Waals surface area contributed by atoms with Crippen LogP contribution < -0.4 is 0 Å². The van der Waals surface area contributed by atoms with Crippen LogP contribution in [0.4, 0.5) is 8.78 Å². The Balaban J connectivity index is 1.85. The number of benzene rings is 2. The van der Waals surface area contributed by atoms with Crippen molar-refractivity contribution < 1.29 is 18.7 Å². The van der Waals surface area contributed by atoms with Gasteiger partial charge in [-0.15, -0.1) is 5.10 Å². The maximum absolute atomic E-state index is 14.6. The minimum atomic E-state index is -3.04. The number of alkyl halides is 2. The number of nitrogens with zero attached hydrogens (tertiary/aromatic N) is 3. The van der Waals surface area contributed by atoms with E-state index in [-0.39, 0.29) is 12.0 Å². The van der Waals surface area contributed by atoms with Crippen LogP contribution in [-0.4, -0.2) is 25.8 Å². The molecule has 0 amide bonds. The van der Waals surface area contributed by atoms with Crippen LogP contribution in [0.2, 0.25) is 0 Å². The van der Waals surface area contributed by atoms with Gasteiger partial charge < -0.3 is 5.11 Å². The van der Waals surface area contributed by atoms with Crippen molar-refractivity contribution in [2.24, 2.45) is 0 Å². The highest BCUT2D eigenvalue weighted by molar-refractivity contribution is 5.95. The number of carboxylic acid groups (broad SMARTS) is 1. The van der Waals surface area contributed by atoms with E-state index in [0.717, 1.165) is 24.0 Å². The number of hydrogen-bond acceptors (Lipinski definition) is 3. The van der Waals surface area contributed by atoms with Crippen molar-refractivity contribution in [2.75, 3.05) is 0 Å². The van der Waals surface area contributed by atoms with Crippen molar-refractivity contribution in [1.29, 1.82) is 0 Å². The maximum Gasteiger partial charge on any atom is 0.336 e. The molecule has 1 heterocycles. The molecule has 0 saturated carbocycles. The highest BCUT2D eigenvalue weighted by Gasteiger charge is 2.36. The van der Waals surface area contributed by atoms with Gasteiger partial charge in [-0.1, -0.05) is 69.2 Å². The summed E-state index contributed by atoms with van der Waals surface area (Å²) in [6, 6.07) is 14.3. The van der Waals surface area contributed by atoms with Crippen molar-refractivity contribution in [2.45, 2.75) is 64.8 Å². The van der Waals surface area contributed by atoms with E-state index < -0.39 is 17.7 Å². The molecule has 5 nitrogen and oxygen atoms in total. The van der Waals surface area contributed by atoms with Gasteiger partial charge in [-0.05, 0) is 35.6 Å². The Labute approximate surface area is 187 Å². The average Bonchev–Trinajstić information content (AvgIpc) is 3.20. The molecule has 170 valence electrons. The Bertz CT molecular complexity index is 1050. The van der Waals surface area contributed by atoms with Crippen molar-refractivity contribution in [3.8, 4) is 11.1 Å². The molecule has 0 aliphatic carbocycles. The van der Waals surface area contributed by atoms with Gasteiger partial charge in [0.25, 0.3) is 0 Å². The molecule has 1 aromatic heterocycles. The highest BCUT2D eigenvalue weighted by atomic mass is 19.3. The molecule has 32 heavy (non-hydrogen) atoms. The molecular weight excluding hydrogens is 412 g/mol. The molecule has 0 aliphatic rings. The van der Waals surface area contributed by atoms with Crippen LogP contribution in [0.3, 0.4) is 0 Å². The smallest absolute Gasteiger partial charge is 0.336 e. The van der Waals surface area contributed by atoms with E-state index in [1.165, 1.54) is 0 Å². The Morgan fingerprint density at radius 3 is 2.38 bits per heavy atom. The SMILES string of the molecule is CCCCn1nc(C(F)(F)CCCC)nc1Cc1ccc(-c2ccccc2C(=O)O)cc1. The van der Waals surface area contributed by atoms with Gasteiger partial charge in [0.1, 0.15) is 5.82 Å². The van der Waals surface area contributed by atoms with Gasteiger partial charge in [-0.3, -0.25) is 0 Å². The Hall–Kier alpha value is -3.09. The van der Waals surface area contributed by atoms with Gasteiger partial charge >= 0.3 is 11.9 Å². The molecule has 7 heteroatoms. The Kier molecular flexibility index (Phi) is 7.72. The summed E-state index contributed by atoms with van der Waals surface area (Å²) in [6.45, 7) is 4.47. The van der Waals surface area contributed by atoms with Gasteiger partial charge in [0.15, 0.2) is 0 Å². The van der Waals surface area contributed by atoms with E-state index in [9.17, 15) is 18.7 Å². The molecule has 0 atom stereocenters. The van der Waals surface area contributed by atoms with E-state index in [0.29, 0.717) is 37.2 Å². The fourth-order valence-corrected chi connectivity index (χ4v) is 3.56. The van der Waals surface area contributed by atoms with Crippen molar-refractivity contribution in [1.82, 2.24) is 14.8 Å². The zero-order chi connectivity index (χ0) is 23.1. The van der Waals surface area contributed by atoms with Crippen LogP contribution in [-0.2, 0) is 18.9 Å². The highest BCUT2D eigenvalue weighted by Crippen LogP contribution is 2.32. The molecule has 3 rings (SSSR count). The second kappa shape index (κ2) is 10.5. The lowest BCUT2D eigenvalue weighted by Crippen LogP contribution is -2.16. The summed E-state index contributed by atoms with van der Waals surface area (Å²) in [7, 11) is 0. The zero-order valence-corrected chi connectivity index (χ0v) is 18.5. The lowest BCUT2D eigenvalue weighted by atomic mass is 9.98. The number of halogens is 2. The Morgan fingerprint density at radius 1 is 1.03 bits per heavy atom. The largest absolute Gasteiger partial charge is 0.478 e. The minimum absolute atomic E-state index is 0.235. The lowest BCUT2D eigenvalue weighted by Gasteiger charge is -2.11. The fraction of sp³-hybridized carbons (Fsp3) is 0.400. The van der Waals surface area contributed by atoms with Crippen LogP contribution in [0.1, 0.15) is 73.5 Å². The van der Waals surface area contributed by atoms with Crippen molar-refractivity contribution in [3.05, 3.63) is 71.3 Å². The molecule has 0 saturated heterocycles. The molecule has 0 aliphatic heterocycles. The van der Waals surface area contributed by atoms with Crippen LogP contribution in [0.5, 0.6) is 0 Å². The van der Waals surface area contributed by atoms with Gasteiger partial charge in [0, 0.05) is 19.4 Å². The fourth-order valence-electron chi connectivity index (χ4n) is 3.56.